The molecule has 14 heavy (non-hydrogen) atoms. The lowest BCUT2D eigenvalue weighted by molar-refractivity contribution is 0.346. The second-order valence-electron chi connectivity index (χ2n) is 3.43. The first-order chi connectivity index (χ1) is 6.83. The summed E-state index contributed by atoms with van der Waals surface area (Å²) in [7, 11) is 0. The van der Waals surface area contributed by atoms with Gasteiger partial charge in [-0.3, -0.25) is 0 Å². The molecule has 0 saturated carbocycles. The third kappa shape index (κ3) is 1.02. The van der Waals surface area contributed by atoms with Gasteiger partial charge in [0.05, 0.1) is 12.1 Å². The van der Waals surface area contributed by atoms with E-state index in [1.54, 1.807) is 18.2 Å². The highest BCUT2D eigenvalue weighted by Gasteiger charge is 2.14. The maximum absolute atomic E-state index is 9.32. The number of aromatic hydroxyl groups is 1. The van der Waals surface area contributed by atoms with Gasteiger partial charge in [0.1, 0.15) is 5.75 Å². The fourth-order valence-electron chi connectivity index (χ4n) is 1.75. The topological polar surface area (TPSA) is 42.4 Å². The van der Waals surface area contributed by atoms with Crippen LogP contribution >= 0.6 is 0 Å². The van der Waals surface area contributed by atoms with Crippen LogP contribution in [0.15, 0.2) is 24.3 Å². The average Bonchev–Trinajstić information content (AvgIpc) is 2.61. The zero-order valence-electron chi connectivity index (χ0n) is 7.53. The number of nitrogens with zero attached hydrogens (tertiary/aromatic N) is 1. The first kappa shape index (κ1) is 7.62. The third-order valence-electron chi connectivity index (χ3n) is 2.45. The van der Waals surface area contributed by atoms with Crippen LogP contribution in [-0.2, 0) is 6.42 Å². The number of rotatable bonds is 0. The smallest absolute Gasteiger partial charge is 0.217 e. The monoisotopic (exact) mass is 187 g/mol. The third-order valence-corrected chi connectivity index (χ3v) is 2.45. The van der Waals surface area contributed by atoms with E-state index in [4.69, 9.17) is 4.74 Å². The van der Waals surface area contributed by atoms with E-state index in [1.165, 1.54) is 0 Å². The minimum Gasteiger partial charge on any atom is -0.508 e. The molecule has 3 rings (SSSR count). The van der Waals surface area contributed by atoms with Crippen LogP contribution in [0, 0.1) is 0 Å². The molecule has 1 aliphatic rings. The second kappa shape index (κ2) is 2.61. The molecule has 1 N–H and O–H groups in total. The molecule has 70 valence electrons. The fraction of sp³-hybridized carbons (Fsp3) is 0.182. The van der Waals surface area contributed by atoms with Gasteiger partial charge in [-0.1, -0.05) is 0 Å². The lowest BCUT2D eigenvalue weighted by atomic mass is 10.1. The van der Waals surface area contributed by atoms with Gasteiger partial charge in [0.2, 0.25) is 5.88 Å². The van der Waals surface area contributed by atoms with Gasteiger partial charge in [-0.25, -0.2) is 4.98 Å². The molecule has 1 aromatic heterocycles. The number of fused-ring (bicyclic) bond motifs is 2. The second-order valence-corrected chi connectivity index (χ2v) is 3.43. The van der Waals surface area contributed by atoms with E-state index < -0.39 is 0 Å². The van der Waals surface area contributed by atoms with E-state index in [1.807, 2.05) is 6.07 Å². The van der Waals surface area contributed by atoms with Gasteiger partial charge in [-0.05, 0) is 24.3 Å². The van der Waals surface area contributed by atoms with Crippen LogP contribution < -0.4 is 4.74 Å². The number of hydrogen-bond acceptors (Lipinski definition) is 3. The van der Waals surface area contributed by atoms with Crippen molar-refractivity contribution in [2.75, 3.05) is 6.61 Å². The predicted octanol–water partition coefficient (Wildman–Crippen LogP) is 1.88. The summed E-state index contributed by atoms with van der Waals surface area (Å²) >= 11 is 0. The van der Waals surface area contributed by atoms with E-state index in [9.17, 15) is 5.11 Å². The fourth-order valence-corrected chi connectivity index (χ4v) is 1.75. The Balaban J connectivity index is 2.33. The molecule has 0 bridgehead atoms. The van der Waals surface area contributed by atoms with Gasteiger partial charge in [0.15, 0.2) is 0 Å². The highest BCUT2D eigenvalue weighted by atomic mass is 16.5. The van der Waals surface area contributed by atoms with Gasteiger partial charge < -0.3 is 9.84 Å². The molecule has 2 aromatic rings. The lowest BCUT2D eigenvalue weighted by Crippen LogP contribution is -1.88. The highest BCUT2D eigenvalue weighted by molar-refractivity contribution is 5.81. The molecule has 0 spiro atoms. The van der Waals surface area contributed by atoms with Gasteiger partial charge in [0, 0.05) is 17.4 Å². The molecule has 0 amide bonds. The molecule has 0 radical (unpaired) electrons. The predicted molar refractivity (Wildman–Crippen MR) is 52.6 cm³/mol. The summed E-state index contributed by atoms with van der Waals surface area (Å²) in [5.41, 5.74) is 1.99. The Morgan fingerprint density at radius 1 is 1.29 bits per heavy atom. The van der Waals surface area contributed by atoms with Crippen LogP contribution in [0.25, 0.3) is 10.9 Å². The molecular weight excluding hydrogens is 178 g/mol. The number of aromatic nitrogens is 1. The van der Waals surface area contributed by atoms with Crippen LogP contribution in [0.1, 0.15) is 5.56 Å². The van der Waals surface area contributed by atoms with Gasteiger partial charge >= 0.3 is 0 Å². The van der Waals surface area contributed by atoms with Crippen molar-refractivity contribution in [3.63, 3.8) is 0 Å². The van der Waals surface area contributed by atoms with E-state index in [0.717, 1.165) is 28.8 Å². The molecular formula is C11H9NO2. The van der Waals surface area contributed by atoms with Gasteiger partial charge in [-0.2, -0.15) is 0 Å². The lowest BCUT2D eigenvalue weighted by Gasteiger charge is -2.01. The van der Waals surface area contributed by atoms with E-state index in [2.05, 4.69) is 4.98 Å². The van der Waals surface area contributed by atoms with Crippen molar-refractivity contribution in [1.29, 1.82) is 0 Å². The van der Waals surface area contributed by atoms with Crippen LogP contribution in [0.3, 0.4) is 0 Å². The molecule has 0 unspecified atom stereocenters. The van der Waals surface area contributed by atoms with Gasteiger partial charge in [-0.15, -0.1) is 0 Å². The van der Waals surface area contributed by atoms with Crippen LogP contribution in [0.4, 0.5) is 0 Å². The molecule has 0 atom stereocenters. The Hall–Kier alpha value is -1.77. The molecule has 3 heteroatoms. The standard InChI is InChI=1S/C11H9NO2/c13-9-1-2-10-8(6-9)5-7-3-4-14-11(7)12-10/h1-2,5-6,13H,3-4H2. The number of phenols is 1. The summed E-state index contributed by atoms with van der Waals surface area (Å²) in [6, 6.07) is 7.19. The van der Waals surface area contributed by atoms with Crippen LogP contribution in [-0.4, -0.2) is 16.7 Å². The first-order valence-corrected chi connectivity index (χ1v) is 4.58. The molecule has 1 aliphatic heterocycles. The Labute approximate surface area is 81.0 Å². The van der Waals surface area contributed by atoms with Crippen molar-refractivity contribution in [2.24, 2.45) is 0 Å². The largest absolute Gasteiger partial charge is 0.508 e. The van der Waals surface area contributed by atoms with Crippen molar-refractivity contribution in [2.45, 2.75) is 6.42 Å². The number of pyridine rings is 1. The first-order valence-electron chi connectivity index (χ1n) is 4.58. The Morgan fingerprint density at radius 2 is 2.21 bits per heavy atom. The summed E-state index contributed by atoms with van der Waals surface area (Å²) < 4.78 is 5.36. The van der Waals surface area contributed by atoms with Crippen LogP contribution in [0.2, 0.25) is 0 Å². The van der Waals surface area contributed by atoms with Crippen molar-refractivity contribution >= 4 is 10.9 Å². The SMILES string of the molecule is Oc1ccc2nc3c(cc2c1)CCO3. The zero-order chi connectivity index (χ0) is 9.54. The zero-order valence-corrected chi connectivity index (χ0v) is 7.53. The minimum atomic E-state index is 0.276. The quantitative estimate of drug-likeness (QED) is 0.684. The van der Waals surface area contributed by atoms with Crippen molar-refractivity contribution in [3.8, 4) is 11.6 Å². The van der Waals surface area contributed by atoms with Gasteiger partial charge in [0.25, 0.3) is 0 Å². The molecule has 2 heterocycles. The summed E-state index contributed by atoms with van der Waals surface area (Å²) in [5, 5.41) is 10.3. The Bertz CT molecular complexity index is 508. The van der Waals surface area contributed by atoms with E-state index in [0.29, 0.717) is 6.61 Å². The minimum absolute atomic E-state index is 0.276. The summed E-state index contributed by atoms with van der Waals surface area (Å²) in [6.45, 7) is 0.713. The van der Waals surface area contributed by atoms with Crippen molar-refractivity contribution in [1.82, 2.24) is 4.98 Å². The van der Waals surface area contributed by atoms with Crippen LogP contribution in [0.5, 0.6) is 11.6 Å². The summed E-state index contributed by atoms with van der Waals surface area (Å²) in [6.07, 6.45) is 0.911. The molecule has 0 fully saturated rings. The van der Waals surface area contributed by atoms with E-state index in [-0.39, 0.29) is 5.75 Å². The maximum atomic E-state index is 9.32. The summed E-state index contributed by atoms with van der Waals surface area (Å²) in [5.74, 6) is 1.02. The van der Waals surface area contributed by atoms with E-state index >= 15 is 0 Å². The van der Waals surface area contributed by atoms with Crippen molar-refractivity contribution < 1.29 is 9.84 Å². The number of benzene rings is 1. The molecule has 0 aliphatic carbocycles. The average molecular weight is 187 g/mol. The Kier molecular flexibility index (Phi) is 1.42. The highest BCUT2D eigenvalue weighted by Crippen LogP contribution is 2.28. The molecule has 0 saturated heterocycles. The number of phenolic OH excluding ortho intramolecular Hbond substituents is 1. The summed E-state index contributed by atoms with van der Waals surface area (Å²) in [4.78, 5) is 4.36. The molecule has 3 nitrogen and oxygen atoms in total. The van der Waals surface area contributed by atoms with Crippen molar-refractivity contribution in [3.05, 3.63) is 29.8 Å². The normalized spacial score (nSPS) is 14.0. The molecule has 1 aromatic carbocycles. The number of ether oxygens (including phenoxy) is 1. The maximum Gasteiger partial charge on any atom is 0.217 e. The Morgan fingerprint density at radius 3 is 3.14 bits per heavy atom. The number of hydrogen-bond donors (Lipinski definition) is 1.